The van der Waals surface area contributed by atoms with Crippen LogP contribution in [-0.2, 0) is 23.4 Å². The predicted molar refractivity (Wildman–Crippen MR) is 171 cm³/mol. The van der Waals surface area contributed by atoms with Crippen molar-refractivity contribution < 1.29 is 27.9 Å². The van der Waals surface area contributed by atoms with E-state index >= 15 is 0 Å². The van der Waals surface area contributed by atoms with Gasteiger partial charge in [-0.15, -0.1) is 6.42 Å². The molecule has 0 aliphatic carbocycles. The number of nitrogens with zero attached hydrogens (tertiary/aromatic N) is 4. The van der Waals surface area contributed by atoms with E-state index in [9.17, 15) is 9.36 Å². The summed E-state index contributed by atoms with van der Waals surface area (Å²) in [6.07, 6.45) is 6.63. The van der Waals surface area contributed by atoms with Gasteiger partial charge in [0.15, 0.2) is 23.2 Å². The molecule has 0 saturated carbocycles. The number of carbonyl (C=O) groups excluding carboxylic acids is 1. The zero-order valence-corrected chi connectivity index (χ0v) is 26.8. The Bertz CT molecular complexity index is 1780. The lowest BCUT2D eigenvalue weighted by molar-refractivity contribution is -0.148. The van der Waals surface area contributed by atoms with Gasteiger partial charge in [-0.3, -0.25) is 13.9 Å². The first-order valence-electron chi connectivity index (χ1n) is 14.6. The molecule has 3 heterocycles. The van der Waals surface area contributed by atoms with Gasteiger partial charge in [0.2, 0.25) is 5.95 Å². The first-order valence-corrected chi connectivity index (χ1v) is 16.1. The monoisotopic (exact) mass is 635 g/mol. The predicted octanol–water partition coefficient (Wildman–Crippen LogP) is 4.91. The van der Waals surface area contributed by atoms with E-state index in [1.54, 1.807) is 37.0 Å². The van der Waals surface area contributed by atoms with Crippen LogP contribution in [0.1, 0.15) is 40.3 Å². The molecule has 2 aromatic carbocycles. The number of nitrogens with two attached hydrogens (primary N) is 1. The molecule has 1 saturated heterocycles. The van der Waals surface area contributed by atoms with Crippen molar-refractivity contribution in [3.8, 4) is 18.1 Å². The number of anilines is 2. The van der Waals surface area contributed by atoms with E-state index in [-0.39, 0.29) is 30.5 Å². The Morgan fingerprint density at radius 1 is 1.24 bits per heavy atom. The van der Waals surface area contributed by atoms with Gasteiger partial charge in [0.1, 0.15) is 11.8 Å². The number of hydrogen-bond donors (Lipinski definition) is 3. The van der Waals surface area contributed by atoms with E-state index in [1.165, 1.54) is 0 Å². The van der Waals surface area contributed by atoms with Crippen molar-refractivity contribution in [3.63, 3.8) is 0 Å². The van der Waals surface area contributed by atoms with Crippen molar-refractivity contribution in [2.45, 2.75) is 52.5 Å². The molecule has 4 aromatic rings. The Balaban J connectivity index is 1.37. The smallest absolute Gasteiger partial charge is 0.459 e. The van der Waals surface area contributed by atoms with Gasteiger partial charge in [0, 0.05) is 12.4 Å². The van der Waals surface area contributed by atoms with Crippen LogP contribution in [-0.4, -0.2) is 57.9 Å². The van der Waals surface area contributed by atoms with Crippen molar-refractivity contribution >= 4 is 47.4 Å². The Kier molecular flexibility index (Phi) is 9.32. The molecule has 13 nitrogen and oxygen atoms in total. The summed E-state index contributed by atoms with van der Waals surface area (Å²) in [5.74, 6) is 2.66. The average Bonchev–Trinajstić information content (AvgIpc) is 3.62. The Hall–Kier alpha value is -4.21. The number of terminal acetylenes is 1. The van der Waals surface area contributed by atoms with Crippen LogP contribution in [0.4, 0.5) is 11.8 Å². The van der Waals surface area contributed by atoms with E-state index in [0.717, 1.165) is 10.8 Å². The largest absolute Gasteiger partial charge is 0.464 e. The zero-order chi connectivity index (χ0) is 32.4. The first-order chi connectivity index (χ1) is 21.4. The molecule has 4 N–H and O–H groups in total. The first kappa shape index (κ1) is 32.2. The third-order valence-corrected chi connectivity index (χ3v) is 8.74. The SMILES string of the molecule is C#C[C@H]1C[C@@H](CO[P@](=O)(N[C@@H](C)C(=O)OCC(C)(C)C)Oc2cccc3ccccc23)O[C@H]1n1cnc2c(NC)nc(N)nc21. The molecule has 0 bridgehead atoms. The summed E-state index contributed by atoms with van der Waals surface area (Å²) in [6.45, 7) is 7.42. The number of imidazole rings is 1. The van der Waals surface area contributed by atoms with E-state index < -0.39 is 32.1 Å². The second kappa shape index (κ2) is 13.0. The molecular weight excluding hydrogens is 597 g/mol. The van der Waals surface area contributed by atoms with Gasteiger partial charge in [-0.1, -0.05) is 63.1 Å². The molecule has 0 radical (unpaired) electrons. The maximum Gasteiger partial charge on any atom is 0.459 e. The Morgan fingerprint density at radius 2 is 2.00 bits per heavy atom. The summed E-state index contributed by atoms with van der Waals surface area (Å²) < 4.78 is 39.8. The summed E-state index contributed by atoms with van der Waals surface area (Å²) in [7, 11) is -2.47. The van der Waals surface area contributed by atoms with Crippen LogP contribution in [0, 0.1) is 23.7 Å². The van der Waals surface area contributed by atoms with Crippen molar-refractivity contribution in [3.05, 3.63) is 48.8 Å². The van der Waals surface area contributed by atoms with E-state index in [1.807, 2.05) is 51.1 Å². The number of esters is 1. The zero-order valence-electron chi connectivity index (χ0n) is 25.9. The summed E-state index contributed by atoms with van der Waals surface area (Å²) in [5.41, 5.74) is 6.64. The summed E-state index contributed by atoms with van der Waals surface area (Å²) in [4.78, 5) is 25.8. The molecule has 1 fully saturated rings. The van der Waals surface area contributed by atoms with Crippen molar-refractivity contribution in [1.29, 1.82) is 0 Å². The summed E-state index contributed by atoms with van der Waals surface area (Å²) >= 11 is 0. The fourth-order valence-corrected chi connectivity index (χ4v) is 6.48. The van der Waals surface area contributed by atoms with Gasteiger partial charge in [-0.2, -0.15) is 15.1 Å². The molecule has 1 aliphatic heterocycles. The van der Waals surface area contributed by atoms with Crippen LogP contribution >= 0.6 is 7.75 Å². The number of nitrogens with one attached hydrogen (secondary N) is 2. The van der Waals surface area contributed by atoms with E-state index in [0.29, 0.717) is 29.2 Å². The summed E-state index contributed by atoms with van der Waals surface area (Å²) in [5, 5.41) is 7.34. The number of aromatic nitrogens is 4. The van der Waals surface area contributed by atoms with Crippen molar-refractivity contribution in [2.75, 3.05) is 31.3 Å². The quantitative estimate of drug-likeness (QED) is 0.116. The maximum atomic E-state index is 14.3. The van der Waals surface area contributed by atoms with Gasteiger partial charge in [0.05, 0.1) is 31.6 Å². The number of rotatable bonds is 11. The van der Waals surface area contributed by atoms with Crippen molar-refractivity contribution in [1.82, 2.24) is 24.6 Å². The molecule has 5 rings (SSSR count). The average molecular weight is 636 g/mol. The molecule has 2 aromatic heterocycles. The highest BCUT2D eigenvalue weighted by Crippen LogP contribution is 2.48. The molecule has 0 spiro atoms. The number of nitrogen functional groups attached to an aromatic ring is 1. The van der Waals surface area contributed by atoms with Gasteiger partial charge >= 0.3 is 13.7 Å². The Labute approximate surface area is 261 Å². The second-order valence-corrected chi connectivity index (χ2v) is 13.7. The van der Waals surface area contributed by atoms with Gasteiger partial charge in [0.25, 0.3) is 0 Å². The number of carbonyl (C=O) groups is 1. The molecular formula is C31H38N7O6P. The molecule has 14 heteroatoms. The normalized spacial score (nSPS) is 20.4. The van der Waals surface area contributed by atoms with E-state index in [4.69, 9.17) is 30.7 Å². The van der Waals surface area contributed by atoms with Crippen LogP contribution < -0.4 is 20.7 Å². The minimum absolute atomic E-state index is 0.0662. The topological polar surface area (TPSA) is 165 Å². The molecule has 45 heavy (non-hydrogen) atoms. The van der Waals surface area contributed by atoms with Crippen LogP contribution in [0.25, 0.3) is 21.9 Å². The third kappa shape index (κ3) is 7.37. The molecule has 0 unspecified atom stereocenters. The fourth-order valence-electron chi connectivity index (χ4n) is 4.94. The highest BCUT2D eigenvalue weighted by molar-refractivity contribution is 7.52. The van der Waals surface area contributed by atoms with Crippen LogP contribution in [0.15, 0.2) is 48.8 Å². The van der Waals surface area contributed by atoms with Crippen LogP contribution in [0.5, 0.6) is 5.75 Å². The van der Waals surface area contributed by atoms with Crippen LogP contribution in [0.2, 0.25) is 0 Å². The van der Waals surface area contributed by atoms with Crippen LogP contribution in [0.3, 0.4) is 0 Å². The highest BCUT2D eigenvalue weighted by Gasteiger charge is 2.40. The molecule has 5 atom stereocenters. The van der Waals surface area contributed by atoms with Gasteiger partial charge < -0.3 is 25.0 Å². The maximum absolute atomic E-state index is 14.3. The lowest BCUT2D eigenvalue weighted by atomic mass is 9.99. The fraction of sp³-hybridized carbons (Fsp3) is 0.419. The van der Waals surface area contributed by atoms with Crippen molar-refractivity contribution in [2.24, 2.45) is 11.3 Å². The second-order valence-electron chi connectivity index (χ2n) is 12.0. The number of benzene rings is 2. The lowest BCUT2D eigenvalue weighted by Gasteiger charge is -2.25. The minimum atomic E-state index is -4.18. The molecule has 1 aliphatic rings. The number of ether oxygens (including phenoxy) is 2. The van der Waals surface area contributed by atoms with Gasteiger partial charge in [-0.05, 0) is 30.2 Å². The molecule has 0 amide bonds. The Morgan fingerprint density at radius 3 is 2.73 bits per heavy atom. The lowest BCUT2D eigenvalue weighted by Crippen LogP contribution is -2.37. The van der Waals surface area contributed by atoms with E-state index in [2.05, 4.69) is 31.3 Å². The summed E-state index contributed by atoms with van der Waals surface area (Å²) in [6, 6.07) is 11.9. The number of hydrogen-bond acceptors (Lipinski definition) is 11. The minimum Gasteiger partial charge on any atom is -0.464 e. The van der Waals surface area contributed by atoms with Gasteiger partial charge in [-0.25, -0.2) is 9.55 Å². The third-order valence-electron chi connectivity index (χ3n) is 7.11. The highest BCUT2D eigenvalue weighted by atomic mass is 31.2. The standard InChI is InChI=1S/C31H38N7O6P/c1-7-20-15-22(43-28(20)38-18-34-25-26(33-6)35-30(32)36-27(25)38)16-42-45(40,37-19(2)29(39)41-17-31(3,4)5)44-24-14-10-12-21-11-8-9-13-23(21)24/h1,8-14,18-20,22,28H,15-17H2,2-6H3,(H,37,40)(H3,32,33,35,36)/t19-,20-,22-,28+,45+/m0/s1. The molecule has 238 valence electrons. The number of fused-ring (bicyclic) bond motifs is 2.